The van der Waals surface area contributed by atoms with E-state index in [9.17, 15) is 9.18 Å². The molecule has 0 aliphatic rings. The molecule has 162 valence electrons. The van der Waals surface area contributed by atoms with Gasteiger partial charge in [-0.15, -0.1) is 12.8 Å². The van der Waals surface area contributed by atoms with Crippen molar-refractivity contribution in [3.8, 4) is 36.2 Å². The fourth-order valence-corrected chi connectivity index (χ4v) is 2.94. The van der Waals surface area contributed by atoms with Crippen LogP contribution in [0.3, 0.4) is 0 Å². The summed E-state index contributed by atoms with van der Waals surface area (Å²) >= 11 is 0. The molecule has 1 N–H and O–H groups in total. The molecule has 0 saturated heterocycles. The summed E-state index contributed by atoms with van der Waals surface area (Å²) in [4.78, 5) is 12.6. The third-order valence-electron chi connectivity index (χ3n) is 4.52. The summed E-state index contributed by atoms with van der Waals surface area (Å²) < 4.78 is 29.3. The molecule has 2 aromatic carbocycles. The summed E-state index contributed by atoms with van der Waals surface area (Å²) in [5.74, 6) is 5.40. The van der Waals surface area contributed by atoms with Gasteiger partial charge in [0.25, 0.3) is 0 Å². The fourth-order valence-electron chi connectivity index (χ4n) is 2.94. The second kappa shape index (κ2) is 13.0. The zero-order valence-corrected chi connectivity index (χ0v) is 17.5. The highest BCUT2D eigenvalue weighted by Gasteiger charge is 2.18. The maximum Gasteiger partial charge on any atom is 0.249 e. The van der Waals surface area contributed by atoms with Crippen LogP contribution in [0.25, 0.3) is 0 Å². The Labute approximate surface area is 182 Å². The first kappa shape index (κ1) is 23.8. The number of terminal acetylenes is 2. The van der Waals surface area contributed by atoms with Crippen molar-refractivity contribution in [3.05, 3.63) is 59.4 Å². The van der Waals surface area contributed by atoms with E-state index in [0.717, 1.165) is 11.1 Å². The van der Waals surface area contributed by atoms with Crippen molar-refractivity contribution in [2.45, 2.75) is 25.4 Å². The standard InChI is InChI=1S/C25H26FNO4/c1-4-16-30-22-12-9-20(18-24(22)29-3)14-15-27-25(28)23(31-17-5-2)13-8-19-6-10-21(26)11-7-19/h1-2,6-7,9-12,18,23H,8,13-17H2,3H3,(H,27,28). The van der Waals surface area contributed by atoms with Crippen molar-refractivity contribution >= 4 is 5.91 Å². The lowest BCUT2D eigenvalue weighted by Crippen LogP contribution is -2.38. The van der Waals surface area contributed by atoms with E-state index in [4.69, 9.17) is 27.1 Å². The average Bonchev–Trinajstić information content (AvgIpc) is 2.79. The SMILES string of the molecule is C#CCOc1ccc(CCNC(=O)C(CCc2ccc(F)cc2)OCC#C)cc1OC. The van der Waals surface area contributed by atoms with Crippen LogP contribution in [0.4, 0.5) is 4.39 Å². The molecule has 0 aromatic heterocycles. The van der Waals surface area contributed by atoms with Crippen molar-refractivity contribution in [2.75, 3.05) is 26.9 Å². The monoisotopic (exact) mass is 423 g/mol. The highest BCUT2D eigenvalue weighted by atomic mass is 19.1. The molecule has 1 amide bonds. The lowest BCUT2D eigenvalue weighted by Gasteiger charge is -2.17. The second-order valence-electron chi connectivity index (χ2n) is 6.69. The van der Waals surface area contributed by atoms with E-state index < -0.39 is 6.10 Å². The molecule has 2 rings (SSSR count). The highest BCUT2D eigenvalue weighted by molar-refractivity contribution is 5.80. The number of carbonyl (C=O) groups excluding carboxylic acids is 1. The number of methoxy groups -OCH3 is 1. The number of benzene rings is 2. The summed E-state index contributed by atoms with van der Waals surface area (Å²) in [7, 11) is 1.55. The van der Waals surface area contributed by atoms with Crippen LogP contribution in [0.15, 0.2) is 42.5 Å². The van der Waals surface area contributed by atoms with Crippen LogP contribution in [0, 0.1) is 30.5 Å². The molecule has 5 nitrogen and oxygen atoms in total. The highest BCUT2D eigenvalue weighted by Crippen LogP contribution is 2.28. The fraction of sp³-hybridized carbons (Fsp3) is 0.320. The molecular formula is C25H26FNO4. The van der Waals surface area contributed by atoms with Crippen LogP contribution in [0.5, 0.6) is 11.5 Å². The topological polar surface area (TPSA) is 56.8 Å². The normalized spacial score (nSPS) is 11.1. The number of nitrogens with one attached hydrogen (secondary N) is 1. The first-order valence-corrected chi connectivity index (χ1v) is 9.87. The van der Waals surface area contributed by atoms with Gasteiger partial charge in [0.05, 0.1) is 7.11 Å². The lowest BCUT2D eigenvalue weighted by atomic mass is 10.1. The number of halogens is 1. The molecule has 1 atom stereocenters. The van der Waals surface area contributed by atoms with E-state index >= 15 is 0 Å². The van der Waals surface area contributed by atoms with E-state index in [-0.39, 0.29) is 24.9 Å². The molecule has 6 heteroatoms. The van der Waals surface area contributed by atoms with Crippen molar-refractivity contribution < 1.29 is 23.4 Å². The Morgan fingerprint density at radius 1 is 1.03 bits per heavy atom. The first-order valence-electron chi connectivity index (χ1n) is 9.87. The molecule has 0 fully saturated rings. The Kier molecular flexibility index (Phi) is 9.94. The van der Waals surface area contributed by atoms with E-state index in [0.29, 0.717) is 37.3 Å². The molecule has 31 heavy (non-hydrogen) atoms. The molecule has 0 saturated carbocycles. The van der Waals surface area contributed by atoms with Gasteiger partial charge in [-0.1, -0.05) is 30.0 Å². The minimum absolute atomic E-state index is 0.0395. The summed E-state index contributed by atoms with van der Waals surface area (Å²) in [6.45, 7) is 0.611. The summed E-state index contributed by atoms with van der Waals surface area (Å²) in [5.41, 5.74) is 1.89. The van der Waals surface area contributed by atoms with Crippen LogP contribution >= 0.6 is 0 Å². The minimum Gasteiger partial charge on any atom is -0.493 e. The van der Waals surface area contributed by atoms with Gasteiger partial charge in [-0.2, -0.15) is 0 Å². The van der Waals surface area contributed by atoms with Crippen molar-refractivity contribution in [3.63, 3.8) is 0 Å². The van der Waals surface area contributed by atoms with Gasteiger partial charge in [0.15, 0.2) is 11.5 Å². The lowest BCUT2D eigenvalue weighted by molar-refractivity contribution is -0.132. The predicted octanol–water partition coefficient (Wildman–Crippen LogP) is 3.16. The largest absolute Gasteiger partial charge is 0.493 e. The van der Waals surface area contributed by atoms with Crippen LogP contribution in [-0.4, -0.2) is 38.9 Å². The Balaban J connectivity index is 1.89. The number of amides is 1. The van der Waals surface area contributed by atoms with Crippen LogP contribution < -0.4 is 14.8 Å². The molecular weight excluding hydrogens is 397 g/mol. The molecule has 0 aliphatic heterocycles. The second-order valence-corrected chi connectivity index (χ2v) is 6.69. The molecule has 0 bridgehead atoms. The first-order chi connectivity index (χ1) is 15.1. The van der Waals surface area contributed by atoms with Crippen molar-refractivity contribution in [1.29, 1.82) is 0 Å². The van der Waals surface area contributed by atoms with Crippen LogP contribution in [-0.2, 0) is 22.4 Å². The molecule has 0 spiro atoms. The van der Waals surface area contributed by atoms with Gasteiger partial charge in [-0.3, -0.25) is 4.79 Å². The molecule has 0 radical (unpaired) electrons. The Morgan fingerprint density at radius 3 is 2.42 bits per heavy atom. The third-order valence-corrected chi connectivity index (χ3v) is 4.52. The van der Waals surface area contributed by atoms with E-state index in [1.165, 1.54) is 12.1 Å². The Morgan fingerprint density at radius 2 is 1.74 bits per heavy atom. The molecule has 0 heterocycles. The third kappa shape index (κ3) is 8.04. The Hall–Kier alpha value is -3.48. The number of hydrogen-bond acceptors (Lipinski definition) is 4. The van der Waals surface area contributed by atoms with Gasteiger partial charge in [-0.05, 0) is 54.7 Å². The minimum atomic E-state index is -0.685. The van der Waals surface area contributed by atoms with Crippen LogP contribution in [0.2, 0.25) is 0 Å². The quantitative estimate of drug-likeness (QED) is 0.533. The smallest absolute Gasteiger partial charge is 0.249 e. The average molecular weight is 423 g/mol. The maximum absolute atomic E-state index is 13.1. The van der Waals surface area contributed by atoms with E-state index in [2.05, 4.69) is 17.2 Å². The van der Waals surface area contributed by atoms with E-state index in [1.807, 2.05) is 12.1 Å². The van der Waals surface area contributed by atoms with E-state index in [1.54, 1.807) is 25.3 Å². The van der Waals surface area contributed by atoms with Gasteiger partial charge in [-0.25, -0.2) is 4.39 Å². The zero-order chi connectivity index (χ0) is 22.5. The zero-order valence-electron chi connectivity index (χ0n) is 17.5. The van der Waals surface area contributed by atoms with Gasteiger partial charge < -0.3 is 19.5 Å². The number of rotatable bonds is 12. The number of hydrogen-bond donors (Lipinski definition) is 1. The molecule has 0 aliphatic carbocycles. The Bertz CT molecular complexity index is 928. The summed E-state index contributed by atoms with van der Waals surface area (Å²) in [6.07, 6.45) is 11.4. The van der Waals surface area contributed by atoms with Crippen LogP contribution in [0.1, 0.15) is 17.5 Å². The number of aryl methyl sites for hydroxylation is 1. The van der Waals surface area contributed by atoms with Gasteiger partial charge in [0.1, 0.15) is 25.1 Å². The maximum atomic E-state index is 13.1. The van der Waals surface area contributed by atoms with Gasteiger partial charge >= 0.3 is 0 Å². The number of ether oxygens (including phenoxy) is 3. The summed E-state index contributed by atoms with van der Waals surface area (Å²) in [6, 6.07) is 11.7. The number of carbonyl (C=O) groups is 1. The van der Waals surface area contributed by atoms with Gasteiger partial charge in [0.2, 0.25) is 5.91 Å². The molecule has 1 unspecified atom stereocenters. The summed E-state index contributed by atoms with van der Waals surface area (Å²) in [5, 5.41) is 2.88. The molecule has 2 aromatic rings. The van der Waals surface area contributed by atoms with Crippen molar-refractivity contribution in [2.24, 2.45) is 0 Å². The van der Waals surface area contributed by atoms with Gasteiger partial charge in [0, 0.05) is 6.54 Å². The van der Waals surface area contributed by atoms with Crippen molar-refractivity contribution in [1.82, 2.24) is 5.32 Å². The predicted molar refractivity (Wildman–Crippen MR) is 117 cm³/mol.